The maximum Gasteiger partial charge on any atom is 0.137 e. The largest absolute Gasteiger partial charge is 0.306 e. The number of hydrogen-bond donors (Lipinski definition) is 1. The van der Waals surface area contributed by atoms with Crippen molar-refractivity contribution in [1.29, 1.82) is 0 Å². The molecule has 34 heavy (non-hydrogen) atoms. The van der Waals surface area contributed by atoms with Crippen molar-refractivity contribution in [2.45, 2.75) is 38.8 Å². The van der Waals surface area contributed by atoms with Crippen LogP contribution < -0.4 is 0 Å². The molecule has 1 aliphatic heterocycles. The zero-order valence-corrected chi connectivity index (χ0v) is 20.9. The molecule has 9 heteroatoms. The Morgan fingerprint density at radius 2 is 2.00 bits per heavy atom. The van der Waals surface area contributed by atoms with Crippen LogP contribution >= 0.6 is 22.6 Å². The van der Waals surface area contributed by atoms with Crippen LogP contribution in [0.1, 0.15) is 36.9 Å². The molecule has 0 unspecified atom stereocenters. The molecule has 1 saturated heterocycles. The number of rotatable bonds is 5. The summed E-state index contributed by atoms with van der Waals surface area (Å²) in [5.41, 5.74) is 6.80. The van der Waals surface area contributed by atoms with Crippen molar-refractivity contribution in [2.75, 3.05) is 13.1 Å². The van der Waals surface area contributed by atoms with Crippen LogP contribution in [0.2, 0.25) is 0 Å². The summed E-state index contributed by atoms with van der Waals surface area (Å²) in [6.07, 6.45) is 13.8. The van der Waals surface area contributed by atoms with Gasteiger partial charge in [0.2, 0.25) is 0 Å². The lowest BCUT2D eigenvalue weighted by molar-refractivity contribution is 0.137. The van der Waals surface area contributed by atoms with Crippen LogP contribution in [-0.4, -0.2) is 52.6 Å². The first-order valence-electron chi connectivity index (χ1n) is 11.8. The number of fused-ring (bicyclic) bond motifs is 2. The topological polar surface area (TPSA) is 79.9 Å². The van der Waals surface area contributed by atoms with Gasteiger partial charge in [0.15, 0.2) is 0 Å². The Kier molecular flexibility index (Phi) is 4.77. The lowest BCUT2D eigenvalue weighted by Gasteiger charge is -2.38. The van der Waals surface area contributed by atoms with Gasteiger partial charge in [-0.25, -0.2) is 9.67 Å². The molecule has 1 aliphatic carbocycles. The molecule has 0 amide bonds. The molecule has 7 rings (SSSR count). The predicted octanol–water partition coefficient (Wildman–Crippen LogP) is 4.50. The third-order valence-corrected chi connectivity index (χ3v) is 8.18. The monoisotopic (exact) mass is 564 g/mol. The molecule has 5 heterocycles. The van der Waals surface area contributed by atoms with Crippen LogP contribution in [0.15, 0.2) is 49.1 Å². The van der Waals surface area contributed by atoms with Gasteiger partial charge in [0.25, 0.3) is 0 Å². The van der Waals surface area contributed by atoms with Crippen molar-refractivity contribution >= 4 is 39.1 Å². The molecule has 0 bridgehead atoms. The number of H-pyrrole nitrogens is 1. The minimum Gasteiger partial charge on any atom is -0.306 e. The first-order valence-corrected chi connectivity index (χ1v) is 12.9. The predicted molar refractivity (Wildman–Crippen MR) is 138 cm³/mol. The standard InChI is InChI=1S/C25H25IN8/c26-18-8-20(21-10-27-29-22(21)9-18)23-15-34(31-30-23)14-19-13-33-12-17(2-3-24(33)28-19)11-32-7-6-25(16-32)4-1-5-25/h2-3,8-10,12-13,15H,1,4-7,11,14,16H2,(H,27,29). The molecule has 1 saturated carbocycles. The number of aromatic amines is 1. The number of pyridine rings is 1. The normalized spacial score (nSPS) is 17.8. The minimum atomic E-state index is 0.580. The summed E-state index contributed by atoms with van der Waals surface area (Å²) >= 11 is 2.32. The Morgan fingerprint density at radius 3 is 2.85 bits per heavy atom. The van der Waals surface area contributed by atoms with Crippen molar-refractivity contribution in [2.24, 2.45) is 5.41 Å². The summed E-state index contributed by atoms with van der Waals surface area (Å²) in [4.78, 5) is 7.43. The van der Waals surface area contributed by atoms with E-state index in [1.807, 2.05) is 17.1 Å². The van der Waals surface area contributed by atoms with Crippen LogP contribution in [0.5, 0.6) is 0 Å². The average molecular weight is 564 g/mol. The van der Waals surface area contributed by atoms with E-state index in [0.29, 0.717) is 12.0 Å². The van der Waals surface area contributed by atoms with Gasteiger partial charge in [-0.3, -0.25) is 10.00 Å². The zero-order chi connectivity index (χ0) is 22.7. The van der Waals surface area contributed by atoms with Crippen LogP contribution in [0.3, 0.4) is 0 Å². The van der Waals surface area contributed by atoms with E-state index in [0.717, 1.165) is 43.6 Å². The number of likely N-dealkylation sites (tertiary alicyclic amines) is 1. The molecular weight excluding hydrogens is 539 g/mol. The lowest BCUT2D eigenvalue weighted by atomic mass is 9.68. The van der Waals surface area contributed by atoms with E-state index < -0.39 is 0 Å². The van der Waals surface area contributed by atoms with Gasteiger partial charge in [-0.15, -0.1) is 5.10 Å². The third kappa shape index (κ3) is 3.61. The van der Waals surface area contributed by atoms with Crippen molar-refractivity contribution in [3.63, 3.8) is 0 Å². The second-order valence-corrected chi connectivity index (χ2v) is 11.2. The molecule has 4 aromatic heterocycles. The van der Waals surface area contributed by atoms with Crippen LogP contribution in [-0.2, 0) is 13.1 Å². The van der Waals surface area contributed by atoms with Gasteiger partial charge in [-0.05, 0) is 77.6 Å². The molecule has 1 spiro atoms. The highest BCUT2D eigenvalue weighted by Crippen LogP contribution is 2.48. The number of nitrogens with one attached hydrogen (secondary N) is 1. The highest BCUT2D eigenvalue weighted by molar-refractivity contribution is 14.1. The summed E-state index contributed by atoms with van der Waals surface area (Å²) in [6.45, 7) is 4.10. The Bertz CT molecular complexity index is 1510. The number of imidazole rings is 1. The van der Waals surface area contributed by atoms with E-state index in [4.69, 9.17) is 4.98 Å². The molecular formula is C25H25IN8. The fourth-order valence-electron chi connectivity index (χ4n) is 5.66. The van der Waals surface area contributed by atoms with Crippen molar-refractivity contribution in [3.05, 3.63) is 63.9 Å². The van der Waals surface area contributed by atoms with E-state index in [1.54, 1.807) is 0 Å². The molecule has 0 radical (unpaired) electrons. The van der Waals surface area contributed by atoms with Gasteiger partial charge >= 0.3 is 0 Å². The van der Waals surface area contributed by atoms with Crippen LogP contribution in [0.4, 0.5) is 0 Å². The maximum absolute atomic E-state index is 4.81. The number of hydrogen-bond acceptors (Lipinski definition) is 5. The van der Waals surface area contributed by atoms with Crippen LogP contribution in [0.25, 0.3) is 27.8 Å². The summed E-state index contributed by atoms with van der Waals surface area (Å²) < 4.78 is 5.13. The van der Waals surface area contributed by atoms with E-state index >= 15 is 0 Å². The van der Waals surface area contributed by atoms with Crippen molar-refractivity contribution in [3.8, 4) is 11.3 Å². The number of halogens is 1. The van der Waals surface area contributed by atoms with Gasteiger partial charge in [0, 0.05) is 40.0 Å². The van der Waals surface area contributed by atoms with Crippen LogP contribution in [0, 0.1) is 8.99 Å². The van der Waals surface area contributed by atoms with E-state index in [2.05, 4.69) is 89.1 Å². The minimum absolute atomic E-state index is 0.580. The molecule has 5 aromatic rings. The quantitative estimate of drug-likeness (QED) is 0.318. The van der Waals surface area contributed by atoms with Gasteiger partial charge in [-0.1, -0.05) is 17.7 Å². The van der Waals surface area contributed by atoms with E-state index in [9.17, 15) is 0 Å². The number of nitrogens with zero attached hydrogens (tertiary/aromatic N) is 7. The summed E-state index contributed by atoms with van der Waals surface area (Å²) in [5, 5.41) is 17.1. The molecule has 2 aliphatic rings. The molecule has 1 aromatic carbocycles. The summed E-state index contributed by atoms with van der Waals surface area (Å²) in [5.74, 6) is 0. The first-order chi connectivity index (χ1) is 16.6. The van der Waals surface area contributed by atoms with E-state index in [-0.39, 0.29) is 0 Å². The molecule has 0 atom stereocenters. The number of aromatic nitrogens is 7. The Hall–Kier alpha value is -2.79. The highest BCUT2D eigenvalue weighted by Gasteiger charge is 2.42. The number of benzene rings is 1. The first kappa shape index (κ1) is 20.6. The zero-order valence-electron chi connectivity index (χ0n) is 18.8. The van der Waals surface area contributed by atoms with E-state index in [1.165, 1.54) is 44.3 Å². The Labute approximate surface area is 210 Å². The average Bonchev–Trinajstić information content (AvgIpc) is 3.58. The molecule has 8 nitrogen and oxygen atoms in total. The fourth-order valence-corrected chi connectivity index (χ4v) is 6.28. The second kappa shape index (κ2) is 7.88. The van der Waals surface area contributed by atoms with Gasteiger partial charge in [0.05, 0.1) is 30.1 Å². The smallest absolute Gasteiger partial charge is 0.137 e. The van der Waals surface area contributed by atoms with Gasteiger partial charge in [0.1, 0.15) is 11.3 Å². The second-order valence-electron chi connectivity index (χ2n) is 9.94. The van der Waals surface area contributed by atoms with Crippen molar-refractivity contribution in [1.82, 2.24) is 39.5 Å². The van der Waals surface area contributed by atoms with Gasteiger partial charge in [-0.2, -0.15) is 5.10 Å². The van der Waals surface area contributed by atoms with Crippen molar-refractivity contribution < 1.29 is 0 Å². The highest BCUT2D eigenvalue weighted by atomic mass is 127. The Balaban J connectivity index is 1.10. The third-order valence-electron chi connectivity index (χ3n) is 7.56. The lowest BCUT2D eigenvalue weighted by Crippen LogP contribution is -2.32. The molecule has 172 valence electrons. The summed E-state index contributed by atoms with van der Waals surface area (Å²) in [6, 6.07) is 8.55. The molecule has 1 N–H and O–H groups in total. The maximum atomic E-state index is 4.81. The Morgan fingerprint density at radius 1 is 1.06 bits per heavy atom. The SMILES string of the molecule is Ic1cc(-c2cn(Cc3cn4cc(CN5CCC6(CCC6)C5)ccc4n3)nn2)c2cn[nH]c2c1. The molecule has 2 fully saturated rings. The van der Waals surface area contributed by atoms with Gasteiger partial charge < -0.3 is 4.40 Å². The fraction of sp³-hybridized carbons (Fsp3) is 0.360. The summed E-state index contributed by atoms with van der Waals surface area (Å²) in [7, 11) is 0.